The largest absolute Gasteiger partial charge is 0.391 e. The van der Waals surface area contributed by atoms with Crippen LogP contribution in [0, 0.1) is 0 Å². The van der Waals surface area contributed by atoms with E-state index in [1.807, 2.05) is 12.1 Å². The van der Waals surface area contributed by atoms with E-state index in [0.717, 1.165) is 11.5 Å². The molecule has 0 aliphatic heterocycles. The minimum absolute atomic E-state index is 0. The van der Waals surface area contributed by atoms with E-state index in [1.54, 1.807) is 4.68 Å². The van der Waals surface area contributed by atoms with Gasteiger partial charge in [0, 0.05) is 12.0 Å². The highest BCUT2D eigenvalue weighted by Gasteiger charge is 2.35. The average Bonchev–Trinajstić information content (AvgIpc) is 3.11. The first kappa shape index (κ1) is 20.4. The Bertz CT molecular complexity index is 749. The Kier molecular flexibility index (Phi) is 6.39. The average molecular weight is 380 g/mol. The number of primary amides is 1. The minimum Gasteiger partial charge on any atom is -0.391 e. The van der Waals surface area contributed by atoms with E-state index in [-0.39, 0.29) is 30.8 Å². The molecule has 3 rings (SSSR count). The fraction of sp³-hybridized carbons (Fsp3) is 0.500. The molecule has 142 valence electrons. The molecule has 1 aromatic heterocycles. The Hall–Kier alpha value is -1.96. The van der Waals surface area contributed by atoms with Crippen LogP contribution in [0.1, 0.15) is 55.7 Å². The summed E-state index contributed by atoms with van der Waals surface area (Å²) in [5, 5.41) is 14.5. The molecule has 0 bridgehead atoms. The van der Waals surface area contributed by atoms with Crippen LogP contribution in [0.3, 0.4) is 0 Å². The van der Waals surface area contributed by atoms with Crippen LogP contribution in [0.5, 0.6) is 0 Å². The second kappa shape index (κ2) is 8.16. The molecule has 2 aromatic rings. The van der Waals surface area contributed by atoms with E-state index in [1.165, 1.54) is 5.56 Å². The number of nitrogens with two attached hydrogens (primary N) is 2. The molecule has 1 heterocycles. The van der Waals surface area contributed by atoms with Gasteiger partial charge in [-0.25, -0.2) is 9.67 Å². The molecule has 3 atom stereocenters. The number of rotatable bonds is 5. The second-order valence-electron chi connectivity index (χ2n) is 7.09. The van der Waals surface area contributed by atoms with Gasteiger partial charge in [0.25, 0.3) is 0 Å². The van der Waals surface area contributed by atoms with Crippen molar-refractivity contribution in [3.05, 3.63) is 41.5 Å². The minimum atomic E-state index is -0.543. The predicted molar refractivity (Wildman–Crippen MR) is 102 cm³/mol. The maximum Gasteiger partial charge on any atom is 0.225 e. The lowest BCUT2D eigenvalue weighted by Crippen LogP contribution is -2.28. The summed E-state index contributed by atoms with van der Waals surface area (Å²) in [6.45, 7) is 4.28. The summed E-state index contributed by atoms with van der Waals surface area (Å²) in [7, 11) is 0. The van der Waals surface area contributed by atoms with Crippen molar-refractivity contribution < 1.29 is 9.90 Å². The number of hydrogen-bond donors (Lipinski definition) is 3. The van der Waals surface area contributed by atoms with Gasteiger partial charge in [0.2, 0.25) is 5.91 Å². The van der Waals surface area contributed by atoms with Crippen molar-refractivity contribution in [2.45, 2.75) is 57.1 Å². The molecule has 26 heavy (non-hydrogen) atoms. The normalized spacial score (nSPS) is 22.4. The van der Waals surface area contributed by atoms with Crippen molar-refractivity contribution in [1.82, 2.24) is 14.8 Å². The van der Waals surface area contributed by atoms with Gasteiger partial charge in [-0.15, -0.1) is 12.4 Å². The highest BCUT2D eigenvalue weighted by Crippen LogP contribution is 2.34. The molecule has 0 radical (unpaired) electrons. The number of hydrogen-bond acceptors (Lipinski definition) is 5. The molecule has 8 heteroatoms. The first-order valence-electron chi connectivity index (χ1n) is 8.63. The van der Waals surface area contributed by atoms with Gasteiger partial charge in [-0.3, -0.25) is 4.79 Å². The Labute approximate surface area is 159 Å². The predicted octanol–water partition coefficient (Wildman–Crippen LogP) is 1.41. The van der Waals surface area contributed by atoms with Gasteiger partial charge in [-0.1, -0.05) is 26.0 Å². The summed E-state index contributed by atoms with van der Waals surface area (Å²) < 4.78 is 1.75. The fourth-order valence-electron chi connectivity index (χ4n) is 3.31. The number of aliphatic hydroxyl groups is 1. The number of benzene rings is 1. The van der Waals surface area contributed by atoms with Crippen LogP contribution >= 0.6 is 12.4 Å². The molecular weight excluding hydrogens is 354 g/mol. The summed E-state index contributed by atoms with van der Waals surface area (Å²) in [5.41, 5.74) is 13.3. The Balaban J connectivity index is 0.00000243. The first-order valence-corrected chi connectivity index (χ1v) is 8.63. The number of nitrogens with zero attached hydrogens (tertiary/aromatic N) is 3. The summed E-state index contributed by atoms with van der Waals surface area (Å²) in [6.07, 6.45) is 0.628. The van der Waals surface area contributed by atoms with E-state index in [0.29, 0.717) is 24.6 Å². The lowest BCUT2D eigenvalue weighted by Gasteiger charge is -2.12. The standard InChI is InChI=1S/C18H25N5O2.ClH/c1-10(2)11-3-5-13(6-4-11)23-18(12-7-14(19)15(24)8-12)21-17(22-23)9-16(20)25;/h3-6,10,12,14-15,24H,7-9,19H2,1-2H3,(H2,20,25);1H/t12-,14+,15+;/m0./s1. The molecule has 1 saturated carbocycles. The lowest BCUT2D eigenvalue weighted by molar-refractivity contribution is -0.117. The molecule has 1 aliphatic carbocycles. The van der Waals surface area contributed by atoms with Crippen LogP contribution in [0.25, 0.3) is 5.69 Å². The van der Waals surface area contributed by atoms with Crippen LogP contribution in [0.4, 0.5) is 0 Å². The number of halogens is 1. The molecule has 7 nitrogen and oxygen atoms in total. The Morgan fingerprint density at radius 2 is 1.96 bits per heavy atom. The van der Waals surface area contributed by atoms with Gasteiger partial charge in [-0.2, -0.15) is 5.10 Å². The highest BCUT2D eigenvalue weighted by atomic mass is 35.5. The van der Waals surface area contributed by atoms with Crippen molar-refractivity contribution in [3.63, 3.8) is 0 Å². The lowest BCUT2D eigenvalue weighted by atomic mass is 10.0. The number of aromatic nitrogens is 3. The third-order valence-electron chi connectivity index (χ3n) is 4.75. The number of aliphatic hydroxyl groups excluding tert-OH is 1. The number of carbonyl (C=O) groups is 1. The maximum atomic E-state index is 11.2. The van der Waals surface area contributed by atoms with Gasteiger partial charge in [0.15, 0.2) is 5.82 Å². The molecular formula is C18H26ClN5O2. The molecule has 1 fully saturated rings. The van der Waals surface area contributed by atoms with Crippen molar-refractivity contribution >= 4 is 18.3 Å². The zero-order valence-corrected chi connectivity index (χ0v) is 15.8. The van der Waals surface area contributed by atoms with Gasteiger partial charge in [-0.05, 0) is 36.5 Å². The van der Waals surface area contributed by atoms with Crippen molar-refractivity contribution in [1.29, 1.82) is 0 Å². The third kappa shape index (κ3) is 4.23. The van der Waals surface area contributed by atoms with Crippen LogP contribution in [0.15, 0.2) is 24.3 Å². The third-order valence-corrected chi connectivity index (χ3v) is 4.75. The van der Waals surface area contributed by atoms with Gasteiger partial charge < -0.3 is 16.6 Å². The molecule has 1 aliphatic rings. The van der Waals surface area contributed by atoms with Gasteiger partial charge in [0.05, 0.1) is 18.2 Å². The van der Waals surface area contributed by atoms with E-state index >= 15 is 0 Å². The maximum absolute atomic E-state index is 11.2. The summed E-state index contributed by atoms with van der Waals surface area (Å²) >= 11 is 0. The smallest absolute Gasteiger partial charge is 0.225 e. The highest BCUT2D eigenvalue weighted by molar-refractivity contribution is 5.85. The van der Waals surface area contributed by atoms with Crippen LogP contribution in [-0.2, 0) is 11.2 Å². The number of carbonyl (C=O) groups excluding carboxylic acids is 1. The van der Waals surface area contributed by atoms with Crippen LogP contribution < -0.4 is 11.5 Å². The molecule has 0 unspecified atom stereocenters. The number of amides is 1. The fourth-order valence-corrected chi connectivity index (χ4v) is 3.31. The topological polar surface area (TPSA) is 120 Å². The van der Waals surface area contributed by atoms with Crippen molar-refractivity contribution in [2.24, 2.45) is 11.5 Å². The monoisotopic (exact) mass is 379 g/mol. The second-order valence-corrected chi connectivity index (χ2v) is 7.09. The molecule has 0 saturated heterocycles. The molecule has 1 amide bonds. The summed E-state index contributed by atoms with van der Waals surface area (Å²) in [4.78, 5) is 15.8. The van der Waals surface area contributed by atoms with E-state index in [4.69, 9.17) is 11.5 Å². The zero-order chi connectivity index (χ0) is 18.1. The Morgan fingerprint density at radius 1 is 1.31 bits per heavy atom. The molecule has 0 spiro atoms. The molecule has 1 aromatic carbocycles. The first-order chi connectivity index (χ1) is 11.8. The van der Waals surface area contributed by atoms with Crippen molar-refractivity contribution in [2.75, 3.05) is 0 Å². The van der Waals surface area contributed by atoms with Crippen LogP contribution in [0.2, 0.25) is 0 Å². The molecule has 5 N–H and O–H groups in total. The Morgan fingerprint density at radius 3 is 2.46 bits per heavy atom. The van der Waals surface area contributed by atoms with E-state index < -0.39 is 12.0 Å². The SMILES string of the molecule is CC(C)c1ccc(-n2nc(CC(N)=O)nc2[C@H]2C[C@@H](N)[C@H](O)C2)cc1.Cl. The van der Waals surface area contributed by atoms with Crippen LogP contribution in [-0.4, -0.2) is 37.9 Å². The summed E-state index contributed by atoms with van der Waals surface area (Å²) in [6, 6.07) is 7.85. The zero-order valence-electron chi connectivity index (χ0n) is 15.0. The van der Waals surface area contributed by atoms with Gasteiger partial charge >= 0.3 is 0 Å². The van der Waals surface area contributed by atoms with E-state index in [9.17, 15) is 9.90 Å². The van der Waals surface area contributed by atoms with E-state index in [2.05, 4.69) is 36.1 Å². The van der Waals surface area contributed by atoms with Gasteiger partial charge in [0.1, 0.15) is 5.82 Å². The summed E-state index contributed by atoms with van der Waals surface area (Å²) in [5.74, 6) is 1.09. The quantitative estimate of drug-likeness (QED) is 0.725. The van der Waals surface area contributed by atoms with Crippen molar-refractivity contribution in [3.8, 4) is 5.69 Å².